The monoisotopic (exact) mass is 195 g/mol. The number of aromatic nitrogens is 1. The average molecular weight is 195 g/mol. The highest BCUT2D eigenvalue weighted by molar-refractivity contribution is 5.48. The van der Waals surface area contributed by atoms with Gasteiger partial charge in [-0.15, -0.1) is 0 Å². The van der Waals surface area contributed by atoms with Gasteiger partial charge in [-0.2, -0.15) is 0 Å². The average Bonchev–Trinajstić information content (AvgIpc) is 2.18. The molecule has 0 spiro atoms. The van der Waals surface area contributed by atoms with Crippen LogP contribution in [0.1, 0.15) is 19.3 Å². The molecule has 0 aliphatic carbocycles. The first kappa shape index (κ1) is 10.8. The number of anilines is 2. The molecule has 0 aliphatic heterocycles. The summed E-state index contributed by atoms with van der Waals surface area (Å²) in [6, 6.07) is 3.57. The van der Waals surface area contributed by atoms with Crippen molar-refractivity contribution in [2.45, 2.75) is 19.3 Å². The number of unbranched alkanes of at least 4 members (excludes halogenated alkanes) is 2. The zero-order chi connectivity index (χ0) is 10.2. The van der Waals surface area contributed by atoms with Gasteiger partial charge in [0.15, 0.2) is 0 Å². The van der Waals surface area contributed by atoms with Crippen molar-refractivity contribution in [2.75, 3.05) is 24.2 Å². The minimum absolute atomic E-state index is 0.274. The van der Waals surface area contributed by atoms with Gasteiger partial charge in [-0.05, 0) is 25.3 Å². The molecule has 0 bridgehead atoms. The summed E-state index contributed by atoms with van der Waals surface area (Å²) < 4.78 is 0. The lowest BCUT2D eigenvalue weighted by molar-refractivity contribution is 0.283. The number of nitrogens with zero attached hydrogens (tertiary/aromatic N) is 1. The molecule has 1 aromatic heterocycles. The number of aliphatic hydroxyl groups is 1. The number of hydrogen-bond acceptors (Lipinski definition) is 4. The van der Waals surface area contributed by atoms with E-state index in [1.165, 1.54) is 0 Å². The van der Waals surface area contributed by atoms with Crippen LogP contribution in [0.25, 0.3) is 0 Å². The van der Waals surface area contributed by atoms with Crippen LogP contribution in [0.3, 0.4) is 0 Å². The number of nitrogen functional groups attached to an aromatic ring is 1. The molecule has 0 fully saturated rings. The summed E-state index contributed by atoms with van der Waals surface area (Å²) in [5, 5.41) is 11.7. The lowest BCUT2D eigenvalue weighted by Gasteiger charge is -2.05. The molecule has 4 nitrogen and oxygen atoms in total. The molecule has 0 atom stereocenters. The molecule has 78 valence electrons. The fourth-order valence-corrected chi connectivity index (χ4v) is 1.17. The van der Waals surface area contributed by atoms with Crippen molar-refractivity contribution < 1.29 is 5.11 Å². The SMILES string of the molecule is Nc1ccnc(NCCCCCO)c1. The third-order valence-corrected chi connectivity index (χ3v) is 1.93. The second kappa shape index (κ2) is 6.21. The molecule has 4 heteroatoms. The topological polar surface area (TPSA) is 71.2 Å². The largest absolute Gasteiger partial charge is 0.399 e. The Balaban J connectivity index is 2.18. The number of nitrogens with two attached hydrogens (primary N) is 1. The van der Waals surface area contributed by atoms with Crippen LogP contribution in [-0.2, 0) is 0 Å². The Labute approximate surface area is 84.2 Å². The van der Waals surface area contributed by atoms with Crippen LogP contribution in [0.15, 0.2) is 18.3 Å². The highest BCUT2D eigenvalue weighted by Gasteiger charge is 1.93. The van der Waals surface area contributed by atoms with Crippen molar-refractivity contribution in [1.82, 2.24) is 4.98 Å². The molecule has 0 aromatic carbocycles. The highest BCUT2D eigenvalue weighted by atomic mass is 16.2. The minimum Gasteiger partial charge on any atom is -0.399 e. The maximum Gasteiger partial charge on any atom is 0.127 e. The molecular weight excluding hydrogens is 178 g/mol. The molecular formula is C10H17N3O. The fraction of sp³-hybridized carbons (Fsp3) is 0.500. The normalized spacial score (nSPS) is 10.1. The number of aliphatic hydroxyl groups excluding tert-OH is 1. The Kier molecular flexibility index (Phi) is 4.78. The molecule has 0 unspecified atom stereocenters. The third-order valence-electron chi connectivity index (χ3n) is 1.93. The van der Waals surface area contributed by atoms with E-state index in [2.05, 4.69) is 10.3 Å². The van der Waals surface area contributed by atoms with Crippen LogP contribution in [0, 0.1) is 0 Å². The van der Waals surface area contributed by atoms with Gasteiger partial charge in [0.05, 0.1) is 0 Å². The van der Waals surface area contributed by atoms with Gasteiger partial charge >= 0.3 is 0 Å². The van der Waals surface area contributed by atoms with Crippen LogP contribution >= 0.6 is 0 Å². The standard InChI is InChI=1S/C10H17N3O/c11-9-4-6-13-10(8-9)12-5-2-1-3-7-14/h4,6,8,14H,1-3,5,7H2,(H3,11,12,13). The smallest absolute Gasteiger partial charge is 0.127 e. The Bertz CT molecular complexity index is 265. The maximum atomic E-state index is 8.57. The first-order valence-electron chi connectivity index (χ1n) is 4.89. The third kappa shape index (κ3) is 4.09. The van der Waals surface area contributed by atoms with Gasteiger partial charge in [0.25, 0.3) is 0 Å². The van der Waals surface area contributed by atoms with Gasteiger partial charge in [-0.3, -0.25) is 0 Å². The lowest BCUT2D eigenvalue weighted by atomic mass is 10.2. The number of hydrogen-bond donors (Lipinski definition) is 3. The second-order valence-corrected chi connectivity index (χ2v) is 3.19. The molecule has 0 aliphatic rings. The van der Waals surface area contributed by atoms with E-state index in [1.54, 1.807) is 12.3 Å². The molecule has 1 heterocycles. The molecule has 0 saturated carbocycles. The summed E-state index contributed by atoms with van der Waals surface area (Å²) in [5.74, 6) is 0.814. The van der Waals surface area contributed by atoms with Crippen molar-refractivity contribution in [3.8, 4) is 0 Å². The number of nitrogens with one attached hydrogen (secondary N) is 1. The van der Waals surface area contributed by atoms with E-state index >= 15 is 0 Å². The predicted octanol–water partition coefficient (Wildman–Crippen LogP) is 1.24. The summed E-state index contributed by atoms with van der Waals surface area (Å²) in [7, 11) is 0. The van der Waals surface area contributed by atoms with Crippen LogP contribution < -0.4 is 11.1 Å². The number of pyridine rings is 1. The molecule has 0 amide bonds. The lowest BCUT2D eigenvalue weighted by Crippen LogP contribution is -2.03. The van der Waals surface area contributed by atoms with Crippen LogP contribution in [-0.4, -0.2) is 23.2 Å². The van der Waals surface area contributed by atoms with E-state index in [0.717, 1.165) is 37.3 Å². The van der Waals surface area contributed by atoms with Crippen molar-refractivity contribution >= 4 is 11.5 Å². The van der Waals surface area contributed by atoms with Crippen LogP contribution in [0.5, 0.6) is 0 Å². The highest BCUT2D eigenvalue weighted by Crippen LogP contribution is 2.07. The van der Waals surface area contributed by atoms with Gasteiger partial charge in [-0.25, -0.2) is 4.98 Å². The summed E-state index contributed by atoms with van der Waals surface area (Å²) in [5.41, 5.74) is 6.32. The zero-order valence-corrected chi connectivity index (χ0v) is 8.24. The number of rotatable bonds is 6. The Morgan fingerprint density at radius 1 is 1.36 bits per heavy atom. The van der Waals surface area contributed by atoms with Crippen LogP contribution in [0.4, 0.5) is 11.5 Å². The molecule has 0 radical (unpaired) electrons. The van der Waals surface area contributed by atoms with E-state index in [-0.39, 0.29) is 6.61 Å². The zero-order valence-electron chi connectivity index (χ0n) is 8.24. The fourth-order valence-electron chi connectivity index (χ4n) is 1.17. The van der Waals surface area contributed by atoms with E-state index in [0.29, 0.717) is 0 Å². The summed E-state index contributed by atoms with van der Waals surface area (Å²) >= 11 is 0. The molecule has 1 rings (SSSR count). The van der Waals surface area contributed by atoms with E-state index in [9.17, 15) is 0 Å². The Morgan fingerprint density at radius 3 is 2.93 bits per heavy atom. The van der Waals surface area contributed by atoms with Crippen molar-refractivity contribution in [2.24, 2.45) is 0 Å². The first-order chi connectivity index (χ1) is 6.83. The van der Waals surface area contributed by atoms with Gasteiger partial charge in [0, 0.05) is 31.1 Å². The molecule has 1 aromatic rings. The van der Waals surface area contributed by atoms with Gasteiger partial charge in [0.2, 0.25) is 0 Å². The van der Waals surface area contributed by atoms with E-state index < -0.39 is 0 Å². The quantitative estimate of drug-likeness (QED) is 0.597. The summed E-state index contributed by atoms with van der Waals surface area (Å²) in [6.07, 6.45) is 4.63. The van der Waals surface area contributed by atoms with Gasteiger partial charge in [0.1, 0.15) is 5.82 Å². The van der Waals surface area contributed by atoms with Gasteiger partial charge < -0.3 is 16.2 Å². The van der Waals surface area contributed by atoms with Crippen LogP contribution in [0.2, 0.25) is 0 Å². The van der Waals surface area contributed by atoms with Crippen molar-refractivity contribution in [1.29, 1.82) is 0 Å². The van der Waals surface area contributed by atoms with E-state index in [4.69, 9.17) is 10.8 Å². The van der Waals surface area contributed by atoms with Gasteiger partial charge in [-0.1, -0.05) is 0 Å². The summed E-state index contributed by atoms with van der Waals surface area (Å²) in [4.78, 5) is 4.12. The minimum atomic E-state index is 0.274. The Hall–Kier alpha value is -1.29. The van der Waals surface area contributed by atoms with Crippen molar-refractivity contribution in [3.63, 3.8) is 0 Å². The molecule has 4 N–H and O–H groups in total. The van der Waals surface area contributed by atoms with Crippen molar-refractivity contribution in [3.05, 3.63) is 18.3 Å². The molecule has 0 saturated heterocycles. The maximum absolute atomic E-state index is 8.57. The Morgan fingerprint density at radius 2 is 2.21 bits per heavy atom. The van der Waals surface area contributed by atoms with E-state index in [1.807, 2.05) is 6.07 Å². The molecule has 14 heavy (non-hydrogen) atoms. The predicted molar refractivity (Wildman–Crippen MR) is 58.1 cm³/mol. The summed E-state index contributed by atoms with van der Waals surface area (Å²) in [6.45, 7) is 1.15. The second-order valence-electron chi connectivity index (χ2n) is 3.19. The first-order valence-corrected chi connectivity index (χ1v) is 4.89.